The van der Waals surface area contributed by atoms with Crippen LogP contribution in [0.3, 0.4) is 0 Å². The molecule has 4 rings (SSSR count). The van der Waals surface area contributed by atoms with Crippen molar-refractivity contribution in [3.8, 4) is 10.6 Å². The van der Waals surface area contributed by atoms with Crippen LogP contribution < -0.4 is 5.32 Å². The van der Waals surface area contributed by atoms with Crippen molar-refractivity contribution in [3.63, 3.8) is 0 Å². The molecule has 0 atom stereocenters. The first-order valence-corrected chi connectivity index (χ1v) is 11.2. The van der Waals surface area contributed by atoms with E-state index in [1.54, 1.807) is 11.3 Å². The molecule has 9 heteroatoms. The number of nitrogens with one attached hydrogen (secondary N) is 1. The molecular formula is C20H16N2O4S3. The van der Waals surface area contributed by atoms with Crippen molar-refractivity contribution in [2.24, 2.45) is 0 Å². The summed E-state index contributed by atoms with van der Waals surface area (Å²) in [7, 11) is 0. The van der Waals surface area contributed by atoms with Gasteiger partial charge in [-0.05, 0) is 32.9 Å². The maximum absolute atomic E-state index is 12.6. The van der Waals surface area contributed by atoms with Crippen molar-refractivity contribution >= 4 is 68.1 Å². The third-order valence-corrected chi connectivity index (χ3v) is 7.18. The van der Waals surface area contributed by atoms with Crippen LogP contribution in [0, 0.1) is 20.8 Å². The summed E-state index contributed by atoms with van der Waals surface area (Å²) in [5.74, 6) is -1.42. The van der Waals surface area contributed by atoms with Gasteiger partial charge in [0.15, 0.2) is 5.13 Å². The second kappa shape index (κ2) is 7.33. The minimum atomic E-state index is -0.627. The Kier molecular flexibility index (Phi) is 4.97. The smallest absolute Gasteiger partial charge is 0.347 e. The highest BCUT2D eigenvalue weighted by Gasteiger charge is 2.37. The van der Waals surface area contributed by atoms with Crippen LogP contribution in [-0.2, 0) is 19.1 Å². The van der Waals surface area contributed by atoms with Crippen molar-refractivity contribution in [2.45, 2.75) is 27.7 Å². The zero-order valence-corrected chi connectivity index (χ0v) is 18.5. The Morgan fingerprint density at radius 3 is 2.21 bits per heavy atom. The lowest BCUT2D eigenvalue weighted by atomic mass is 9.96. The highest BCUT2D eigenvalue weighted by molar-refractivity contribution is 7.17. The second-order valence-electron chi connectivity index (χ2n) is 6.55. The van der Waals surface area contributed by atoms with E-state index in [0.717, 1.165) is 25.1 Å². The second-order valence-corrected chi connectivity index (χ2v) is 10.1. The number of ether oxygens (including phenoxy) is 1. The molecule has 0 saturated carbocycles. The number of aromatic nitrogens is 1. The number of cyclic esters (lactones) is 2. The molecule has 0 saturated heterocycles. The lowest BCUT2D eigenvalue weighted by molar-refractivity contribution is -0.149. The van der Waals surface area contributed by atoms with Gasteiger partial charge in [-0.1, -0.05) is 0 Å². The monoisotopic (exact) mass is 444 g/mol. The van der Waals surface area contributed by atoms with Crippen LogP contribution in [-0.4, -0.2) is 22.8 Å². The lowest BCUT2D eigenvalue weighted by Gasteiger charge is -2.01. The number of rotatable bonds is 4. The van der Waals surface area contributed by atoms with Crippen LogP contribution in [0.2, 0.25) is 0 Å². The van der Waals surface area contributed by atoms with Crippen molar-refractivity contribution in [2.75, 3.05) is 5.32 Å². The van der Waals surface area contributed by atoms with Crippen LogP contribution in [0.25, 0.3) is 21.7 Å². The predicted octanol–water partition coefficient (Wildman–Crippen LogP) is 4.81. The number of carbonyl (C=O) groups is 3. The van der Waals surface area contributed by atoms with Crippen molar-refractivity contribution in [1.82, 2.24) is 4.98 Å². The fraction of sp³-hybridized carbons (Fsp3) is 0.200. The van der Waals surface area contributed by atoms with Crippen LogP contribution in [0.1, 0.15) is 32.7 Å². The number of esters is 2. The topological polar surface area (TPSA) is 85.4 Å². The first-order valence-electron chi connectivity index (χ1n) is 8.67. The molecule has 0 unspecified atom stereocenters. The normalized spacial score (nSPS) is 13.9. The molecular weight excluding hydrogens is 428 g/mol. The van der Waals surface area contributed by atoms with E-state index in [2.05, 4.69) is 10.3 Å². The summed E-state index contributed by atoms with van der Waals surface area (Å²) in [6.07, 6.45) is 0. The zero-order valence-electron chi connectivity index (χ0n) is 16.0. The van der Waals surface area contributed by atoms with Crippen molar-refractivity contribution in [1.29, 1.82) is 0 Å². The van der Waals surface area contributed by atoms with E-state index in [1.165, 1.54) is 29.6 Å². The van der Waals surface area contributed by atoms with Gasteiger partial charge in [-0.2, -0.15) is 0 Å². The van der Waals surface area contributed by atoms with Gasteiger partial charge in [0.05, 0.1) is 21.7 Å². The van der Waals surface area contributed by atoms with E-state index >= 15 is 0 Å². The van der Waals surface area contributed by atoms with E-state index in [-0.39, 0.29) is 5.91 Å². The van der Waals surface area contributed by atoms with E-state index < -0.39 is 11.9 Å². The third-order valence-electron chi connectivity index (χ3n) is 4.38. The van der Waals surface area contributed by atoms with Gasteiger partial charge in [-0.3, -0.25) is 4.79 Å². The molecule has 29 heavy (non-hydrogen) atoms. The third kappa shape index (κ3) is 3.57. The highest BCUT2D eigenvalue weighted by atomic mass is 32.1. The van der Waals surface area contributed by atoms with Gasteiger partial charge >= 0.3 is 11.9 Å². The van der Waals surface area contributed by atoms with Gasteiger partial charge in [0.25, 0.3) is 0 Å². The number of aryl methyl sites for hydroxylation is 3. The average molecular weight is 445 g/mol. The summed E-state index contributed by atoms with van der Waals surface area (Å²) in [6, 6.07) is 3.77. The van der Waals surface area contributed by atoms with E-state index in [1.807, 2.05) is 38.3 Å². The first kappa shape index (κ1) is 19.7. The predicted molar refractivity (Wildman–Crippen MR) is 116 cm³/mol. The molecule has 0 spiro atoms. The zero-order chi connectivity index (χ0) is 20.9. The van der Waals surface area contributed by atoms with Gasteiger partial charge in [0.1, 0.15) is 0 Å². The summed E-state index contributed by atoms with van der Waals surface area (Å²) >= 11 is 4.38. The maximum Gasteiger partial charge on any atom is 0.347 e. The quantitative estimate of drug-likeness (QED) is 0.461. The molecule has 0 radical (unpaired) electrons. The Labute approximate surface area is 178 Å². The Bertz CT molecular complexity index is 1210. The van der Waals surface area contributed by atoms with Crippen LogP contribution >= 0.6 is 34.0 Å². The van der Waals surface area contributed by atoms with Crippen LogP contribution in [0.15, 0.2) is 17.5 Å². The van der Waals surface area contributed by atoms with Gasteiger partial charge in [0, 0.05) is 38.1 Å². The fourth-order valence-electron chi connectivity index (χ4n) is 3.21. The molecule has 4 heterocycles. The molecule has 0 aromatic carbocycles. The molecule has 3 aromatic rings. The average Bonchev–Trinajstić information content (AvgIpc) is 3.35. The van der Waals surface area contributed by atoms with Crippen molar-refractivity contribution in [3.05, 3.63) is 43.3 Å². The summed E-state index contributed by atoms with van der Waals surface area (Å²) < 4.78 is 4.97. The number of amides is 1. The van der Waals surface area contributed by atoms with Gasteiger partial charge in [-0.15, -0.1) is 34.0 Å². The number of hydrogen-bond donors (Lipinski definition) is 1. The summed E-state index contributed by atoms with van der Waals surface area (Å²) in [4.78, 5) is 44.5. The Morgan fingerprint density at radius 2 is 1.62 bits per heavy atom. The summed E-state index contributed by atoms with van der Waals surface area (Å²) in [5.41, 5.74) is 2.75. The number of carbonyl (C=O) groups excluding carboxylic acids is 3. The maximum atomic E-state index is 12.6. The molecule has 0 fully saturated rings. The molecule has 6 nitrogen and oxygen atoms in total. The Morgan fingerprint density at radius 1 is 1.00 bits per heavy atom. The van der Waals surface area contributed by atoms with Crippen LogP contribution in [0.4, 0.5) is 5.13 Å². The van der Waals surface area contributed by atoms with E-state index in [0.29, 0.717) is 27.5 Å². The van der Waals surface area contributed by atoms with Gasteiger partial charge in [-0.25, -0.2) is 14.6 Å². The number of hydrogen-bond acceptors (Lipinski definition) is 8. The summed E-state index contributed by atoms with van der Waals surface area (Å²) in [5, 5.41) is 5.03. The van der Waals surface area contributed by atoms with Crippen LogP contribution in [0.5, 0.6) is 0 Å². The van der Waals surface area contributed by atoms with Gasteiger partial charge in [0.2, 0.25) is 5.91 Å². The Hall–Kier alpha value is -2.62. The molecule has 1 aliphatic rings. The minimum absolute atomic E-state index is 0.183. The van der Waals surface area contributed by atoms with Gasteiger partial charge < -0.3 is 10.1 Å². The number of thiazole rings is 1. The van der Waals surface area contributed by atoms with E-state index in [4.69, 9.17) is 4.74 Å². The molecule has 148 valence electrons. The largest absolute Gasteiger partial charge is 0.386 e. The SMILES string of the molecule is CC(=O)Nc1nc(-c2cc(C3=C(c4cc(C)sc4C)C(=O)OC3=O)c(C)s2)cs1. The standard InChI is InChI=1S/C20H16N2O4S3/c1-8-5-12(9(2)28-8)16-17(19(25)26-18(16)24)13-6-15(29-10(13)3)14-7-27-20(22-14)21-11(4)23/h5-7H,1-4H3,(H,21,22,23). The molecule has 3 aromatic heterocycles. The molecule has 1 aliphatic heterocycles. The Balaban J connectivity index is 1.82. The molecule has 0 bridgehead atoms. The minimum Gasteiger partial charge on any atom is -0.386 e. The molecule has 1 N–H and O–H groups in total. The summed E-state index contributed by atoms with van der Waals surface area (Å²) in [6.45, 7) is 7.22. The first-order chi connectivity index (χ1) is 13.7. The fourth-order valence-corrected chi connectivity index (χ4v) is 5.96. The molecule has 1 amide bonds. The number of nitrogens with zero attached hydrogens (tertiary/aromatic N) is 1. The lowest BCUT2D eigenvalue weighted by Crippen LogP contribution is -2.04. The van der Waals surface area contributed by atoms with E-state index in [9.17, 15) is 14.4 Å². The molecule has 0 aliphatic carbocycles. The number of anilines is 1. The highest BCUT2D eigenvalue weighted by Crippen LogP contribution is 2.42. The van der Waals surface area contributed by atoms with Crippen molar-refractivity contribution < 1.29 is 19.1 Å². The number of thiophene rings is 2.